The van der Waals surface area contributed by atoms with Gasteiger partial charge in [-0.2, -0.15) is 0 Å². The number of rotatable bonds is 6. The van der Waals surface area contributed by atoms with Gasteiger partial charge in [-0.15, -0.1) is 0 Å². The standard InChI is InChI=1S/C13H15N3.C12H15NO4.C10H10N2/c1-13(2)15-10-5-3-4-8-9(14)6-7-11(16-13)12(8)10;13-10-3-1-9(2-4-10)7-8-17-12(16)6-5-11(14)15;11-9-5-6-10(12)8-4-2-1-3-7(8)9/h3-7,15-16H,14H2,1-2H3;1-4H,5-8,13H2,(H,14,15);1-6H,11-12H2. The predicted octanol–water partition coefficient (Wildman–Crippen LogP) is 6.22. The zero-order valence-electron chi connectivity index (χ0n) is 25.5. The maximum atomic E-state index is 11.1. The molecule has 0 saturated heterocycles. The van der Waals surface area contributed by atoms with E-state index in [4.69, 9.17) is 32.8 Å². The Balaban J connectivity index is 0.000000156. The lowest BCUT2D eigenvalue weighted by Gasteiger charge is -2.36. The second-order valence-corrected chi connectivity index (χ2v) is 11.2. The molecule has 234 valence electrons. The third-order valence-corrected chi connectivity index (χ3v) is 7.14. The van der Waals surface area contributed by atoms with E-state index in [1.165, 1.54) is 5.39 Å². The monoisotopic (exact) mass is 608 g/mol. The summed E-state index contributed by atoms with van der Waals surface area (Å²) in [5, 5.41) is 19.6. The largest absolute Gasteiger partial charge is 0.481 e. The number of nitrogens with one attached hydrogen (secondary N) is 2. The molecule has 5 aromatic rings. The minimum atomic E-state index is -1.000. The minimum absolute atomic E-state index is 0.0862. The first-order valence-electron chi connectivity index (χ1n) is 14.6. The maximum absolute atomic E-state index is 11.1. The molecule has 0 bridgehead atoms. The van der Waals surface area contributed by atoms with Crippen LogP contribution in [0.5, 0.6) is 0 Å². The Bertz CT molecular complexity index is 1750. The van der Waals surface area contributed by atoms with E-state index in [0.29, 0.717) is 12.1 Å². The number of hydrogen-bond acceptors (Lipinski definition) is 9. The minimum Gasteiger partial charge on any atom is -0.481 e. The molecular weight excluding hydrogens is 568 g/mol. The highest BCUT2D eigenvalue weighted by Gasteiger charge is 2.24. The molecule has 0 unspecified atom stereocenters. The summed E-state index contributed by atoms with van der Waals surface area (Å²) in [4.78, 5) is 21.3. The molecule has 0 spiro atoms. The maximum Gasteiger partial charge on any atom is 0.306 e. The van der Waals surface area contributed by atoms with Gasteiger partial charge in [0.1, 0.15) is 5.66 Å². The molecule has 10 heteroatoms. The first kappa shape index (κ1) is 32.3. The summed E-state index contributed by atoms with van der Waals surface area (Å²) in [5.74, 6) is -1.48. The topological polar surface area (TPSA) is 192 Å². The molecule has 10 nitrogen and oxygen atoms in total. The number of carboxylic acids is 1. The lowest BCUT2D eigenvalue weighted by atomic mass is 10.00. The molecule has 5 aromatic carbocycles. The van der Waals surface area contributed by atoms with Crippen LogP contribution in [0.1, 0.15) is 32.3 Å². The van der Waals surface area contributed by atoms with Gasteiger partial charge in [0.25, 0.3) is 0 Å². The zero-order valence-corrected chi connectivity index (χ0v) is 25.5. The average molecular weight is 609 g/mol. The average Bonchev–Trinajstić information content (AvgIpc) is 3.01. The number of nitrogen functional groups attached to an aromatic ring is 4. The van der Waals surface area contributed by atoms with Crippen LogP contribution in [0.3, 0.4) is 0 Å². The smallest absolute Gasteiger partial charge is 0.306 e. The van der Waals surface area contributed by atoms with Gasteiger partial charge < -0.3 is 43.4 Å². The van der Waals surface area contributed by atoms with Crippen LogP contribution < -0.4 is 33.6 Å². The number of carbonyl (C=O) groups is 2. The number of nitrogens with two attached hydrogens (primary N) is 4. The van der Waals surface area contributed by atoms with Gasteiger partial charge in [-0.05, 0) is 61.9 Å². The van der Waals surface area contributed by atoms with E-state index in [1.54, 1.807) is 12.1 Å². The van der Waals surface area contributed by atoms with Crippen molar-refractivity contribution in [3.05, 3.63) is 96.6 Å². The summed E-state index contributed by atoms with van der Waals surface area (Å²) in [6.45, 7) is 4.48. The van der Waals surface area contributed by atoms with Gasteiger partial charge in [0, 0.05) is 62.1 Å². The fourth-order valence-electron chi connectivity index (χ4n) is 4.94. The Morgan fingerprint density at radius 2 is 1.22 bits per heavy atom. The zero-order chi connectivity index (χ0) is 32.6. The third-order valence-electron chi connectivity index (χ3n) is 7.14. The lowest BCUT2D eigenvalue weighted by molar-refractivity contribution is -0.147. The molecular formula is C35H40N6O4. The molecule has 1 heterocycles. The van der Waals surface area contributed by atoms with E-state index in [1.807, 2.05) is 66.7 Å². The van der Waals surface area contributed by atoms with E-state index < -0.39 is 11.9 Å². The van der Waals surface area contributed by atoms with Gasteiger partial charge in [-0.3, -0.25) is 9.59 Å². The van der Waals surface area contributed by atoms with Gasteiger partial charge in [-0.25, -0.2) is 0 Å². The Morgan fingerprint density at radius 3 is 1.82 bits per heavy atom. The van der Waals surface area contributed by atoms with Crippen molar-refractivity contribution in [1.82, 2.24) is 0 Å². The first-order chi connectivity index (χ1) is 21.4. The van der Waals surface area contributed by atoms with Gasteiger partial charge in [0.2, 0.25) is 0 Å². The summed E-state index contributed by atoms with van der Waals surface area (Å²) in [5.41, 5.74) is 29.3. The van der Waals surface area contributed by atoms with E-state index in [-0.39, 0.29) is 25.1 Å². The lowest BCUT2D eigenvalue weighted by Crippen LogP contribution is -2.41. The van der Waals surface area contributed by atoms with Crippen LogP contribution in [0.2, 0.25) is 0 Å². The van der Waals surface area contributed by atoms with Crippen LogP contribution in [0.4, 0.5) is 34.1 Å². The second kappa shape index (κ2) is 14.2. The highest BCUT2D eigenvalue weighted by molar-refractivity contribution is 6.09. The summed E-state index contributed by atoms with van der Waals surface area (Å²) in [6, 6.07) is 29.0. The van der Waals surface area contributed by atoms with Crippen LogP contribution in [0.15, 0.2) is 91.0 Å². The SMILES string of the molecule is CC1(C)Nc2cccc3c(N)ccc(c23)N1.Nc1ccc(CCOC(=O)CCC(=O)O)cc1.Nc1ccc(N)c2ccccc12. The molecule has 0 aliphatic carbocycles. The van der Waals surface area contributed by atoms with Crippen molar-refractivity contribution in [2.24, 2.45) is 0 Å². The van der Waals surface area contributed by atoms with E-state index in [9.17, 15) is 9.59 Å². The molecule has 1 aliphatic rings. The van der Waals surface area contributed by atoms with Crippen LogP contribution >= 0.6 is 0 Å². The van der Waals surface area contributed by atoms with Crippen molar-refractivity contribution in [3.8, 4) is 0 Å². The van der Waals surface area contributed by atoms with Crippen molar-refractivity contribution in [2.45, 2.75) is 38.8 Å². The quantitative estimate of drug-likeness (QED) is 0.0860. The van der Waals surface area contributed by atoms with Gasteiger partial charge in [0.05, 0.1) is 19.4 Å². The Morgan fingerprint density at radius 1 is 0.689 bits per heavy atom. The molecule has 6 rings (SSSR count). The van der Waals surface area contributed by atoms with Gasteiger partial charge in [-0.1, -0.05) is 48.5 Å². The van der Waals surface area contributed by atoms with Crippen LogP contribution in [0.25, 0.3) is 21.5 Å². The summed E-state index contributed by atoms with van der Waals surface area (Å²) >= 11 is 0. The van der Waals surface area contributed by atoms with E-state index >= 15 is 0 Å². The number of carboxylic acid groups (broad SMARTS) is 1. The Kier molecular flexibility index (Phi) is 10.2. The summed E-state index contributed by atoms with van der Waals surface area (Å²) < 4.78 is 4.89. The van der Waals surface area contributed by atoms with Crippen molar-refractivity contribution in [3.63, 3.8) is 0 Å². The predicted molar refractivity (Wildman–Crippen MR) is 185 cm³/mol. The molecule has 0 atom stereocenters. The molecule has 0 radical (unpaired) electrons. The van der Waals surface area contributed by atoms with Crippen molar-refractivity contribution < 1.29 is 19.4 Å². The van der Waals surface area contributed by atoms with Gasteiger partial charge in [0.15, 0.2) is 0 Å². The number of hydrogen-bond donors (Lipinski definition) is 7. The molecule has 0 aromatic heterocycles. The normalized spacial score (nSPS) is 12.4. The van der Waals surface area contributed by atoms with Crippen molar-refractivity contribution >= 4 is 67.6 Å². The molecule has 11 N–H and O–H groups in total. The van der Waals surface area contributed by atoms with Crippen molar-refractivity contribution in [1.29, 1.82) is 0 Å². The number of ether oxygens (including phenoxy) is 1. The second-order valence-electron chi connectivity index (χ2n) is 11.2. The number of anilines is 6. The Labute approximate surface area is 262 Å². The number of aliphatic carboxylic acids is 1. The van der Waals surface area contributed by atoms with E-state index in [0.717, 1.165) is 50.2 Å². The van der Waals surface area contributed by atoms with Crippen molar-refractivity contribution in [2.75, 3.05) is 40.2 Å². The molecule has 0 fully saturated rings. The number of fused-ring (bicyclic) bond motifs is 1. The van der Waals surface area contributed by atoms with Crippen LogP contribution in [0, 0.1) is 0 Å². The molecule has 0 amide bonds. The van der Waals surface area contributed by atoms with Gasteiger partial charge >= 0.3 is 11.9 Å². The van der Waals surface area contributed by atoms with Crippen LogP contribution in [-0.4, -0.2) is 29.3 Å². The first-order valence-corrected chi connectivity index (χ1v) is 14.6. The fraction of sp³-hybridized carbons (Fsp3) is 0.200. The molecule has 0 saturated carbocycles. The number of benzene rings is 5. The van der Waals surface area contributed by atoms with Crippen LogP contribution in [-0.2, 0) is 20.7 Å². The highest BCUT2D eigenvalue weighted by Crippen LogP contribution is 2.39. The fourth-order valence-corrected chi connectivity index (χ4v) is 4.94. The number of esters is 1. The highest BCUT2D eigenvalue weighted by atomic mass is 16.5. The molecule has 1 aliphatic heterocycles. The summed E-state index contributed by atoms with van der Waals surface area (Å²) in [6.07, 6.45) is 0.316. The number of carbonyl (C=O) groups excluding carboxylic acids is 1. The molecule has 45 heavy (non-hydrogen) atoms. The third kappa shape index (κ3) is 8.70. The Hall–Kier alpha value is -5.64. The van der Waals surface area contributed by atoms with E-state index in [2.05, 4.69) is 36.6 Å². The summed E-state index contributed by atoms with van der Waals surface area (Å²) in [7, 11) is 0.